The van der Waals surface area contributed by atoms with Crippen LogP contribution in [0.25, 0.3) is 0 Å². The first kappa shape index (κ1) is 16.4. The number of hydrogen-bond acceptors (Lipinski definition) is 6. The number of esters is 1. The second-order valence-corrected chi connectivity index (χ2v) is 7.83. The molecule has 1 aromatic rings. The largest absolute Gasteiger partial charge is 0.465 e. The van der Waals surface area contributed by atoms with Gasteiger partial charge in [0.05, 0.1) is 7.11 Å². The highest BCUT2D eigenvalue weighted by Gasteiger charge is 2.33. The van der Waals surface area contributed by atoms with Crippen LogP contribution in [-0.4, -0.2) is 52.5 Å². The van der Waals surface area contributed by atoms with Gasteiger partial charge in [0.15, 0.2) is 0 Å². The Hall–Kier alpha value is -0.960. The maximum atomic E-state index is 12.7. The molecule has 2 heterocycles. The first-order chi connectivity index (χ1) is 10.0. The molecule has 21 heavy (non-hydrogen) atoms. The van der Waals surface area contributed by atoms with Gasteiger partial charge in [-0.1, -0.05) is 0 Å². The summed E-state index contributed by atoms with van der Waals surface area (Å²) in [5.41, 5.74) is 0. The lowest BCUT2D eigenvalue weighted by molar-refractivity contribution is 0.0602. The number of methoxy groups -OCH3 is 1. The molecule has 1 N–H and O–H groups in total. The fourth-order valence-electron chi connectivity index (χ4n) is 2.52. The van der Waals surface area contributed by atoms with Crippen LogP contribution in [0.1, 0.15) is 22.5 Å². The van der Waals surface area contributed by atoms with Crippen molar-refractivity contribution >= 4 is 27.3 Å². The van der Waals surface area contributed by atoms with Crippen molar-refractivity contribution in [2.45, 2.75) is 17.7 Å². The number of sulfonamides is 1. The van der Waals surface area contributed by atoms with Crippen molar-refractivity contribution in [1.29, 1.82) is 0 Å². The number of carbonyl (C=O) groups excluding carboxylic acids is 1. The molecule has 118 valence electrons. The third-order valence-electron chi connectivity index (χ3n) is 3.68. The van der Waals surface area contributed by atoms with Crippen LogP contribution in [0.3, 0.4) is 0 Å². The Morgan fingerprint density at radius 3 is 2.71 bits per heavy atom. The van der Waals surface area contributed by atoms with E-state index in [0.29, 0.717) is 19.0 Å². The Labute approximate surface area is 129 Å². The maximum absolute atomic E-state index is 12.7. The molecule has 0 aliphatic carbocycles. The van der Waals surface area contributed by atoms with Crippen LogP contribution in [-0.2, 0) is 14.8 Å². The molecule has 1 aliphatic rings. The number of piperidine rings is 1. The van der Waals surface area contributed by atoms with E-state index in [-0.39, 0.29) is 9.77 Å². The Kier molecular flexibility index (Phi) is 5.37. The molecule has 6 nitrogen and oxygen atoms in total. The normalized spacial score (nSPS) is 17.8. The number of nitrogens with zero attached hydrogens (tertiary/aromatic N) is 1. The highest BCUT2D eigenvalue weighted by molar-refractivity contribution is 7.89. The van der Waals surface area contributed by atoms with Crippen LogP contribution in [0.2, 0.25) is 0 Å². The van der Waals surface area contributed by atoms with Gasteiger partial charge in [0.25, 0.3) is 0 Å². The Bertz CT molecular complexity index is 589. The van der Waals surface area contributed by atoms with E-state index in [2.05, 4.69) is 10.1 Å². The van der Waals surface area contributed by atoms with Crippen LogP contribution in [0, 0.1) is 5.92 Å². The number of thiophene rings is 1. The van der Waals surface area contributed by atoms with Gasteiger partial charge in [-0.15, -0.1) is 11.3 Å². The van der Waals surface area contributed by atoms with Crippen molar-refractivity contribution in [3.8, 4) is 0 Å². The number of carbonyl (C=O) groups is 1. The van der Waals surface area contributed by atoms with E-state index in [9.17, 15) is 13.2 Å². The monoisotopic (exact) mass is 332 g/mol. The summed E-state index contributed by atoms with van der Waals surface area (Å²) in [5.74, 6) is -0.0994. The molecule has 1 fully saturated rings. The lowest BCUT2D eigenvalue weighted by Crippen LogP contribution is -2.40. The summed E-state index contributed by atoms with van der Waals surface area (Å²) >= 11 is 1.09. The van der Waals surface area contributed by atoms with Crippen molar-refractivity contribution in [3.05, 3.63) is 16.3 Å². The van der Waals surface area contributed by atoms with Gasteiger partial charge in [-0.25, -0.2) is 13.2 Å². The summed E-state index contributed by atoms with van der Waals surface area (Å²) in [6.45, 7) is 1.88. The topological polar surface area (TPSA) is 75.7 Å². The average molecular weight is 332 g/mol. The quantitative estimate of drug-likeness (QED) is 0.819. The van der Waals surface area contributed by atoms with Gasteiger partial charge in [0.2, 0.25) is 10.0 Å². The van der Waals surface area contributed by atoms with Crippen molar-refractivity contribution in [2.24, 2.45) is 5.92 Å². The molecule has 0 radical (unpaired) electrons. The van der Waals surface area contributed by atoms with E-state index in [1.807, 2.05) is 7.05 Å². The van der Waals surface area contributed by atoms with E-state index in [1.165, 1.54) is 17.5 Å². The summed E-state index contributed by atoms with van der Waals surface area (Å²) < 4.78 is 31.4. The van der Waals surface area contributed by atoms with Gasteiger partial charge >= 0.3 is 5.97 Å². The summed E-state index contributed by atoms with van der Waals surface area (Å²) in [5, 5.41) is 4.73. The zero-order chi connectivity index (χ0) is 15.5. The maximum Gasteiger partial charge on any atom is 0.349 e. The van der Waals surface area contributed by atoms with Crippen molar-refractivity contribution in [2.75, 3.05) is 33.8 Å². The van der Waals surface area contributed by atoms with Gasteiger partial charge < -0.3 is 10.1 Å². The van der Waals surface area contributed by atoms with Crippen molar-refractivity contribution in [3.63, 3.8) is 0 Å². The Morgan fingerprint density at radius 1 is 1.48 bits per heavy atom. The van der Waals surface area contributed by atoms with Crippen LogP contribution >= 0.6 is 11.3 Å². The zero-order valence-corrected chi connectivity index (χ0v) is 13.8. The standard InChI is InChI=1S/C13H20N2O4S2/c1-14-9-10-3-6-15(7-4-10)21(17,18)11-5-8-20-12(11)13(16)19-2/h5,8,10,14H,3-4,6-7,9H2,1-2H3. The summed E-state index contributed by atoms with van der Waals surface area (Å²) in [7, 11) is -0.469. The molecule has 0 amide bonds. The fourth-order valence-corrected chi connectivity index (χ4v) is 5.30. The Morgan fingerprint density at radius 2 is 2.14 bits per heavy atom. The summed E-state index contributed by atoms with van der Waals surface area (Å²) in [6.07, 6.45) is 1.66. The SMILES string of the molecule is CNCC1CCN(S(=O)(=O)c2ccsc2C(=O)OC)CC1. The number of hydrogen-bond donors (Lipinski definition) is 1. The van der Waals surface area contributed by atoms with Gasteiger partial charge in [-0.3, -0.25) is 0 Å². The van der Waals surface area contributed by atoms with Crippen molar-refractivity contribution < 1.29 is 17.9 Å². The molecule has 1 saturated heterocycles. The Balaban J connectivity index is 2.16. The first-order valence-corrected chi connectivity index (χ1v) is 9.13. The number of rotatable bonds is 5. The van der Waals surface area contributed by atoms with Crippen LogP contribution in [0.15, 0.2) is 16.3 Å². The number of ether oxygens (including phenoxy) is 1. The molecular formula is C13H20N2O4S2. The molecule has 0 saturated carbocycles. The lowest BCUT2D eigenvalue weighted by atomic mass is 9.98. The highest BCUT2D eigenvalue weighted by Crippen LogP contribution is 2.28. The van der Waals surface area contributed by atoms with E-state index in [1.54, 1.807) is 5.38 Å². The van der Waals surface area contributed by atoms with Gasteiger partial charge in [-0.05, 0) is 43.8 Å². The average Bonchev–Trinajstić information content (AvgIpc) is 2.97. The minimum atomic E-state index is -3.62. The molecular weight excluding hydrogens is 312 g/mol. The molecule has 0 unspecified atom stereocenters. The predicted molar refractivity (Wildman–Crippen MR) is 81.1 cm³/mol. The van der Waals surface area contributed by atoms with Crippen LogP contribution < -0.4 is 5.32 Å². The number of nitrogens with one attached hydrogen (secondary N) is 1. The third kappa shape index (κ3) is 3.45. The van der Waals surface area contributed by atoms with Gasteiger partial charge in [0, 0.05) is 13.1 Å². The summed E-state index contributed by atoms with van der Waals surface area (Å²) in [6, 6.07) is 1.48. The fraction of sp³-hybridized carbons (Fsp3) is 0.615. The molecule has 0 bridgehead atoms. The molecule has 1 aromatic heterocycles. The second kappa shape index (κ2) is 6.87. The van der Waals surface area contributed by atoms with E-state index >= 15 is 0 Å². The second-order valence-electron chi connectivity index (χ2n) is 5.01. The summed E-state index contributed by atoms with van der Waals surface area (Å²) in [4.78, 5) is 11.9. The zero-order valence-electron chi connectivity index (χ0n) is 12.2. The van der Waals surface area contributed by atoms with E-state index < -0.39 is 16.0 Å². The lowest BCUT2D eigenvalue weighted by Gasteiger charge is -2.31. The molecule has 8 heteroatoms. The smallest absolute Gasteiger partial charge is 0.349 e. The van der Waals surface area contributed by atoms with E-state index in [0.717, 1.165) is 30.7 Å². The first-order valence-electron chi connectivity index (χ1n) is 6.81. The van der Waals surface area contributed by atoms with Gasteiger partial charge in [-0.2, -0.15) is 4.31 Å². The third-order valence-corrected chi connectivity index (χ3v) is 6.65. The van der Waals surface area contributed by atoms with Crippen molar-refractivity contribution in [1.82, 2.24) is 9.62 Å². The minimum Gasteiger partial charge on any atom is -0.465 e. The van der Waals surface area contributed by atoms with Gasteiger partial charge in [0.1, 0.15) is 9.77 Å². The highest BCUT2D eigenvalue weighted by atomic mass is 32.2. The molecule has 2 rings (SSSR count). The van der Waals surface area contributed by atoms with Crippen LogP contribution in [0.4, 0.5) is 0 Å². The predicted octanol–water partition coefficient (Wildman–Crippen LogP) is 1.15. The molecule has 0 spiro atoms. The molecule has 1 aliphatic heterocycles. The van der Waals surface area contributed by atoms with E-state index in [4.69, 9.17) is 0 Å². The minimum absolute atomic E-state index is 0.0615. The molecule has 0 aromatic carbocycles. The molecule has 0 atom stereocenters. The van der Waals surface area contributed by atoms with Crippen LogP contribution in [0.5, 0.6) is 0 Å².